The quantitative estimate of drug-likeness (QED) is 0.913. The molecule has 0 saturated carbocycles. The largest absolute Gasteiger partial charge is 0.416 e. The number of anilines is 1. The van der Waals surface area contributed by atoms with Crippen LogP contribution in [0, 0.1) is 6.92 Å². The maximum Gasteiger partial charge on any atom is 0.416 e. The average molecular weight is 318 g/mol. The van der Waals surface area contributed by atoms with Gasteiger partial charge in [0.25, 0.3) is 0 Å². The van der Waals surface area contributed by atoms with Crippen molar-refractivity contribution in [3.8, 4) is 0 Å². The second-order valence-electron chi connectivity index (χ2n) is 4.44. The van der Waals surface area contributed by atoms with Gasteiger partial charge in [0.15, 0.2) is 6.04 Å². The minimum absolute atomic E-state index is 0.278. The molecule has 2 amide bonds. The van der Waals surface area contributed by atoms with Gasteiger partial charge in [-0.3, -0.25) is 0 Å². The maximum absolute atomic E-state index is 13.1. The molecule has 2 N–H and O–H groups in total. The van der Waals surface area contributed by atoms with E-state index in [9.17, 15) is 18.0 Å². The van der Waals surface area contributed by atoms with Gasteiger partial charge in [-0.25, -0.2) is 9.78 Å². The van der Waals surface area contributed by atoms with E-state index in [4.69, 9.17) is 0 Å². The summed E-state index contributed by atoms with van der Waals surface area (Å²) >= 11 is 1.35. The summed E-state index contributed by atoms with van der Waals surface area (Å²) in [6.07, 6.45) is -2.01. The highest BCUT2D eigenvalue weighted by Gasteiger charge is 2.44. The summed E-state index contributed by atoms with van der Waals surface area (Å²) in [6.45, 7) is 1.76. The first-order valence-corrected chi connectivity index (χ1v) is 6.87. The van der Waals surface area contributed by atoms with Crippen molar-refractivity contribution in [3.05, 3.63) is 34.5 Å². The van der Waals surface area contributed by atoms with Gasteiger partial charge >= 0.3 is 12.2 Å². The minimum Gasteiger partial charge on any atom is -0.336 e. The number of carbonyl (C=O) groups excluding carboxylic acids is 1. The Hall–Kier alpha value is -2.03. The fraction of sp³-hybridized carbons (Fsp3) is 0.333. The number of aryl methyl sites for hydroxylation is 2. The number of imidazole rings is 1. The Morgan fingerprint density at radius 2 is 2.14 bits per heavy atom. The van der Waals surface area contributed by atoms with Gasteiger partial charge in [0.05, 0.1) is 5.69 Å². The summed E-state index contributed by atoms with van der Waals surface area (Å²) in [5.74, 6) is -0.278. The van der Waals surface area contributed by atoms with Gasteiger partial charge in [0, 0.05) is 24.8 Å². The van der Waals surface area contributed by atoms with E-state index in [0.29, 0.717) is 5.69 Å². The van der Waals surface area contributed by atoms with Gasteiger partial charge in [-0.05, 0) is 17.9 Å². The molecule has 9 heteroatoms. The van der Waals surface area contributed by atoms with Crippen molar-refractivity contribution in [2.24, 2.45) is 7.05 Å². The third-order valence-electron chi connectivity index (χ3n) is 2.82. The number of nitrogens with one attached hydrogen (secondary N) is 2. The predicted molar refractivity (Wildman–Crippen MR) is 73.2 cm³/mol. The predicted octanol–water partition coefficient (Wildman–Crippen LogP) is 3.22. The second-order valence-corrected chi connectivity index (χ2v) is 5.18. The molecule has 2 heterocycles. The average Bonchev–Trinajstić information content (AvgIpc) is 2.95. The molecule has 0 radical (unpaired) electrons. The van der Waals surface area contributed by atoms with Gasteiger partial charge in [-0.2, -0.15) is 13.2 Å². The Bertz CT molecular complexity index is 634. The number of aromatic nitrogens is 2. The van der Waals surface area contributed by atoms with Crippen LogP contribution < -0.4 is 10.6 Å². The molecular formula is C12H13F3N4OS. The summed E-state index contributed by atoms with van der Waals surface area (Å²) in [7, 11) is 1.43. The number of urea groups is 1. The van der Waals surface area contributed by atoms with E-state index < -0.39 is 18.2 Å². The smallest absolute Gasteiger partial charge is 0.336 e. The maximum atomic E-state index is 13.1. The summed E-state index contributed by atoms with van der Waals surface area (Å²) in [6, 6.07) is -3.10. The molecule has 21 heavy (non-hydrogen) atoms. The van der Waals surface area contributed by atoms with Crippen LogP contribution in [0.4, 0.5) is 23.7 Å². The third-order valence-corrected chi connectivity index (χ3v) is 3.68. The second kappa shape index (κ2) is 5.76. The van der Waals surface area contributed by atoms with Crippen LogP contribution in [0.1, 0.15) is 17.4 Å². The molecule has 0 aliphatic heterocycles. The molecule has 114 valence electrons. The van der Waals surface area contributed by atoms with Gasteiger partial charge in [-0.15, -0.1) is 11.3 Å². The van der Waals surface area contributed by atoms with E-state index in [1.165, 1.54) is 35.3 Å². The zero-order valence-corrected chi connectivity index (χ0v) is 12.0. The monoisotopic (exact) mass is 318 g/mol. The van der Waals surface area contributed by atoms with Crippen molar-refractivity contribution in [2.45, 2.75) is 19.1 Å². The number of carbonyl (C=O) groups is 1. The highest BCUT2D eigenvalue weighted by atomic mass is 32.1. The molecule has 0 aliphatic carbocycles. The van der Waals surface area contributed by atoms with Crippen LogP contribution in [0.25, 0.3) is 0 Å². The highest BCUT2D eigenvalue weighted by Crippen LogP contribution is 2.31. The minimum atomic E-state index is -4.64. The molecule has 1 atom stereocenters. The van der Waals surface area contributed by atoms with Crippen molar-refractivity contribution in [2.75, 3.05) is 5.32 Å². The van der Waals surface area contributed by atoms with Crippen molar-refractivity contribution in [3.63, 3.8) is 0 Å². The van der Waals surface area contributed by atoms with Crippen LogP contribution in [-0.4, -0.2) is 21.8 Å². The lowest BCUT2D eigenvalue weighted by molar-refractivity contribution is -0.156. The van der Waals surface area contributed by atoms with Crippen molar-refractivity contribution in [1.82, 2.24) is 14.9 Å². The van der Waals surface area contributed by atoms with Gasteiger partial charge < -0.3 is 15.2 Å². The Morgan fingerprint density at radius 1 is 1.43 bits per heavy atom. The summed E-state index contributed by atoms with van der Waals surface area (Å²) < 4.78 is 40.5. The Morgan fingerprint density at radius 3 is 2.62 bits per heavy atom. The van der Waals surface area contributed by atoms with Crippen LogP contribution in [0.5, 0.6) is 0 Å². The SMILES string of the molecule is Cc1cscc1NC(=O)NC(c1nccn1C)C(F)(F)F. The zero-order valence-electron chi connectivity index (χ0n) is 11.2. The molecule has 2 aromatic rings. The summed E-state index contributed by atoms with van der Waals surface area (Å²) in [5.41, 5.74) is 1.27. The highest BCUT2D eigenvalue weighted by molar-refractivity contribution is 7.08. The zero-order chi connectivity index (χ0) is 15.6. The van der Waals surface area contributed by atoms with Crippen molar-refractivity contribution < 1.29 is 18.0 Å². The third kappa shape index (κ3) is 3.54. The van der Waals surface area contributed by atoms with E-state index in [2.05, 4.69) is 10.3 Å². The molecule has 0 aliphatic rings. The Balaban J connectivity index is 2.15. The first-order chi connectivity index (χ1) is 9.79. The number of alkyl halides is 3. The summed E-state index contributed by atoms with van der Waals surface area (Å²) in [5, 5.41) is 7.75. The number of nitrogens with zero attached hydrogens (tertiary/aromatic N) is 2. The van der Waals surface area contributed by atoms with Crippen LogP contribution in [0.2, 0.25) is 0 Å². The topological polar surface area (TPSA) is 59.0 Å². The van der Waals surface area contributed by atoms with Crippen molar-refractivity contribution in [1.29, 1.82) is 0 Å². The first-order valence-electron chi connectivity index (χ1n) is 5.93. The molecule has 5 nitrogen and oxygen atoms in total. The molecule has 2 rings (SSSR count). The van der Waals surface area contributed by atoms with E-state index in [1.807, 2.05) is 5.32 Å². The van der Waals surface area contributed by atoms with Crippen LogP contribution in [-0.2, 0) is 7.05 Å². The van der Waals surface area contributed by atoms with Crippen molar-refractivity contribution >= 4 is 23.1 Å². The number of hydrogen-bond donors (Lipinski definition) is 2. The molecule has 0 spiro atoms. The molecule has 0 bridgehead atoms. The molecule has 1 unspecified atom stereocenters. The molecule has 0 fully saturated rings. The fourth-order valence-electron chi connectivity index (χ4n) is 1.73. The fourth-order valence-corrected chi connectivity index (χ4v) is 2.51. The molecule has 2 aromatic heterocycles. The number of hydrogen-bond acceptors (Lipinski definition) is 3. The van der Waals surface area contributed by atoms with Crippen LogP contribution >= 0.6 is 11.3 Å². The molecule has 0 aromatic carbocycles. The number of thiophene rings is 1. The Labute approximate surface area is 122 Å². The first kappa shape index (κ1) is 15.4. The van der Waals surface area contributed by atoms with E-state index in [1.54, 1.807) is 17.7 Å². The summed E-state index contributed by atoms with van der Waals surface area (Å²) in [4.78, 5) is 15.4. The molecular weight excluding hydrogens is 305 g/mol. The lowest BCUT2D eigenvalue weighted by Gasteiger charge is -2.21. The van der Waals surface area contributed by atoms with Crippen LogP contribution in [0.3, 0.4) is 0 Å². The van der Waals surface area contributed by atoms with Gasteiger partial charge in [-0.1, -0.05) is 0 Å². The van der Waals surface area contributed by atoms with Crippen LogP contribution in [0.15, 0.2) is 23.2 Å². The standard InChI is InChI=1S/C12H13F3N4OS/c1-7-5-21-6-8(7)17-11(20)18-9(12(13,14)15)10-16-3-4-19(10)2/h3-6,9H,1-2H3,(H2,17,18,20). The number of amides is 2. The van der Waals surface area contributed by atoms with Gasteiger partial charge in [0.2, 0.25) is 0 Å². The number of halogens is 3. The van der Waals surface area contributed by atoms with E-state index in [0.717, 1.165) is 5.56 Å². The van der Waals surface area contributed by atoms with Gasteiger partial charge in [0.1, 0.15) is 5.82 Å². The lowest BCUT2D eigenvalue weighted by atomic mass is 10.2. The lowest BCUT2D eigenvalue weighted by Crippen LogP contribution is -2.41. The van der Waals surface area contributed by atoms with E-state index >= 15 is 0 Å². The normalized spacial score (nSPS) is 13.0. The van der Waals surface area contributed by atoms with E-state index in [-0.39, 0.29) is 5.82 Å². The Kier molecular flexibility index (Phi) is 4.21. The molecule has 0 saturated heterocycles. The number of rotatable bonds is 3.